The molecule has 4 aromatic rings. The maximum atomic E-state index is 14.1. The Kier molecular flexibility index (Phi) is 6.74. The van der Waals surface area contributed by atoms with E-state index in [1.165, 1.54) is 22.2 Å². The van der Waals surface area contributed by atoms with Gasteiger partial charge in [0.1, 0.15) is 17.8 Å². The molecule has 184 valence electrons. The predicted octanol–water partition coefficient (Wildman–Crippen LogP) is 3.71. The van der Waals surface area contributed by atoms with Crippen LogP contribution in [0.2, 0.25) is 0 Å². The van der Waals surface area contributed by atoms with Crippen molar-refractivity contribution in [1.82, 2.24) is 25.5 Å². The molecule has 0 spiro atoms. The van der Waals surface area contributed by atoms with E-state index in [2.05, 4.69) is 20.8 Å². The number of carbonyl (C=O) groups excluding carboxylic acids is 2. The quantitative estimate of drug-likeness (QED) is 0.404. The number of benzene rings is 2. The Hall–Kier alpha value is -4.47. The molecule has 0 bridgehead atoms. The smallest absolute Gasteiger partial charge is 0.259 e. The van der Waals surface area contributed by atoms with Crippen LogP contribution in [0.25, 0.3) is 5.69 Å². The van der Waals surface area contributed by atoms with Crippen LogP contribution in [-0.4, -0.2) is 45.2 Å². The molecule has 0 radical (unpaired) electrons. The molecule has 10 nitrogen and oxygen atoms in total. The molecule has 1 N–H and O–H groups in total. The van der Waals surface area contributed by atoms with Crippen molar-refractivity contribution >= 4 is 17.5 Å². The largest absolute Gasteiger partial charge is 0.497 e. The average molecular weight is 487 g/mol. The van der Waals surface area contributed by atoms with Gasteiger partial charge in [0.05, 0.1) is 19.1 Å². The van der Waals surface area contributed by atoms with Crippen LogP contribution in [-0.2, 0) is 4.79 Å². The Bertz CT molecular complexity index is 1320. The summed E-state index contributed by atoms with van der Waals surface area (Å²) in [5.41, 5.74) is 1.47. The van der Waals surface area contributed by atoms with E-state index in [1.807, 2.05) is 0 Å². The number of anilines is 1. The average Bonchev–Trinajstić information content (AvgIpc) is 3.71. The number of methoxy groups -OCH3 is 1. The third kappa shape index (κ3) is 4.83. The summed E-state index contributed by atoms with van der Waals surface area (Å²) in [7, 11) is 1.55. The summed E-state index contributed by atoms with van der Waals surface area (Å²) in [5, 5.41) is 14.4. The lowest BCUT2D eigenvalue weighted by Gasteiger charge is -2.31. The summed E-state index contributed by atoms with van der Waals surface area (Å²) < 4.78 is 12.6. The molecule has 5 rings (SSSR count). The Balaban J connectivity index is 1.59. The third-order valence-corrected chi connectivity index (χ3v) is 6.28. The number of nitrogens with one attached hydrogen (secondary N) is 1. The number of ether oxygens (including phenoxy) is 1. The summed E-state index contributed by atoms with van der Waals surface area (Å²) in [6, 6.07) is 16.4. The fourth-order valence-electron chi connectivity index (χ4n) is 4.51. The van der Waals surface area contributed by atoms with Crippen molar-refractivity contribution in [3.8, 4) is 11.4 Å². The first-order valence-electron chi connectivity index (χ1n) is 11.8. The number of rotatable bonds is 8. The zero-order valence-electron chi connectivity index (χ0n) is 19.8. The fraction of sp³-hybridized carbons (Fsp3) is 0.269. The van der Waals surface area contributed by atoms with E-state index in [1.54, 1.807) is 67.8 Å². The van der Waals surface area contributed by atoms with Crippen molar-refractivity contribution in [2.24, 2.45) is 0 Å². The maximum Gasteiger partial charge on any atom is 0.259 e. The maximum absolute atomic E-state index is 14.1. The number of tetrazole rings is 1. The monoisotopic (exact) mass is 486 g/mol. The zero-order valence-corrected chi connectivity index (χ0v) is 19.8. The number of furan rings is 1. The van der Waals surface area contributed by atoms with E-state index in [0.717, 1.165) is 25.7 Å². The van der Waals surface area contributed by atoms with Crippen LogP contribution < -0.4 is 15.0 Å². The molecule has 0 saturated heterocycles. The van der Waals surface area contributed by atoms with Crippen molar-refractivity contribution in [2.45, 2.75) is 37.8 Å². The molecule has 10 heteroatoms. The summed E-state index contributed by atoms with van der Waals surface area (Å²) in [5.74, 6) is 0.228. The van der Waals surface area contributed by atoms with Gasteiger partial charge in [0.25, 0.3) is 11.8 Å². The second kappa shape index (κ2) is 10.4. The van der Waals surface area contributed by atoms with Crippen LogP contribution >= 0.6 is 0 Å². The normalized spacial score (nSPS) is 14.4. The van der Waals surface area contributed by atoms with Gasteiger partial charge in [-0.15, -0.1) is 5.10 Å². The summed E-state index contributed by atoms with van der Waals surface area (Å²) >= 11 is 0. The van der Waals surface area contributed by atoms with Crippen LogP contribution in [0.5, 0.6) is 5.75 Å². The first-order valence-corrected chi connectivity index (χ1v) is 11.8. The van der Waals surface area contributed by atoms with E-state index in [0.29, 0.717) is 28.4 Å². The molecule has 2 aromatic heterocycles. The predicted molar refractivity (Wildman–Crippen MR) is 131 cm³/mol. The summed E-state index contributed by atoms with van der Waals surface area (Å²) in [4.78, 5) is 29.3. The fourth-order valence-corrected chi connectivity index (χ4v) is 4.51. The molecule has 1 unspecified atom stereocenters. The minimum atomic E-state index is -1.03. The molecule has 1 fully saturated rings. The molecule has 1 saturated carbocycles. The summed E-state index contributed by atoms with van der Waals surface area (Å²) in [6.45, 7) is 0. The van der Waals surface area contributed by atoms with Crippen molar-refractivity contribution in [3.05, 3.63) is 84.6 Å². The van der Waals surface area contributed by atoms with Gasteiger partial charge in [-0.1, -0.05) is 25.0 Å². The Morgan fingerprint density at radius 2 is 1.94 bits per heavy atom. The highest BCUT2D eigenvalue weighted by Crippen LogP contribution is 2.33. The van der Waals surface area contributed by atoms with E-state index < -0.39 is 6.04 Å². The Morgan fingerprint density at radius 1 is 1.11 bits per heavy atom. The van der Waals surface area contributed by atoms with Gasteiger partial charge in [-0.2, -0.15) is 0 Å². The highest BCUT2D eigenvalue weighted by atomic mass is 16.5. The highest BCUT2D eigenvalue weighted by molar-refractivity contribution is 6.10. The molecule has 1 aliphatic carbocycles. The molecule has 2 amide bonds. The van der Waals surface area contributed by atoms with Crippen LogP contribution in [0.3, 0.4) is 0 Å². The molecule has 0 aliphatic heterocycles. The molecule has 2 heterocycles. The van der Waals surface area contributed by atoms with Gasteiger partial charge < -0.3 is 14.5 Å². The van der Waals surface area contributed by atoms with Crippen LogP contribution in [0.4, 0.5) is 5.69 Å². The SMILES string of the molecule is COc1cccc(N(C(=O)c2cccc(-n3cnnn3)c2)C(C(=O)NC2CCCC2)c2ccco2)c1. The number of carbonyl (C=O) groups is 2. The lowest BCUT2D eigenvalue weighted by molar-refractivity contribution is -0.123. The number of hydrogen-bond acceptors (Lipinski definition) is 7. The standard InChI is InChI=1S/C26H26N6O4/c1-35-22-12-5-11-21(16-22)32(26(34)18-7-4-10-20(15-18)31-17-27-29-30-31)24(23-13-6-14-36-23)25(33)28-19-8-2-3-9-19/h4-7,10-17,19,24H,2-3,8-9H2,1H3,(H,28,33). The molecule has 36 heavy (non-hydrogen) atoms. The van der Waals surface area contributed by atoms with E-state index in [4.69, 9.17) is 9.15 Å². The van der Waals surface area contributed by atoms with Crippen molar-refractivity contribution in [2.75, 3.05) is 12.0 Å². The molecular formula is C26H26N6O4. The van der Waals surface area contributed by atoms with E-state index in [-0.39, 0.29) is 17.9 Å². The Morgan fingerprint density at radius 3 is 2.67 bits per heavy atom. The number of nitrogens with zero attached hydrogens (tertiary/aromatic N) is 5. The zero-order chi connectivity index (χ0) is 24.9. The topological polar surface area (TPSA) is 115 Å². The van der Waals surface area contributed by atoms with Crippen LogP contribution in [0.1, 0.15) is 47.8 Å². The van der Waals surface area contributed by atoms with Crippen molar-refractivity contribution in [1.29, 1.82) is 0 Å². The lowest BCUT2D eigenvalue weighted by Crippen LogP contribution is -2.46. The van der Waals surface area contributed by atoms with Gasteiger partial charge in [0.2, 0.25) is 0 Å². The van der Waals surface area contributed by atoms with Gasteiger partial charge in [0.15, 0.2) is 6.04 Å². The molecule has 1 aliphatic rings. The second-order valence-electron chi connectivity index (χ2n) is 8.59. The number of amides is 2. The summed E-state index contributed by atoms with van der Waals surface area (Å²) in [6.07, 6.45) is 6.91. The molecule has 2 aromatic carbocycles. The highest BCUT2D eigenvalue weighted by Gasteiger charge is 2.37. The third-order valence-electron chi connectivity index (χ3n) is 6.28. The van der Waals surface area contributed by atoms with Gasteiger partial charge >= 0.3 is 0 Å². The van der Waals surface area contributed by atoms with E-state index >= 15 is 0 Å². The minimum absolute atomic E-state index is 0.0698. The van der Waals surface area contributed by atoms with Gasteiger partial charge in [-0.3, -0.25) is 14.5 Å². The van der Waals surface area contributed by atoms with E-state index in [9.17, 15) is 9.59 Å². The number of aromatic nitrogens is 4. The lowest BCUT2D eigenvalue weighted by atomic mass is 10.1. The van der Waals surface area contributed by atoms with Crippen LogP contribution in [0.15, 0.2) is 77.7 Å². The van der Waals surface area contributed by atoms with Crippen molar-refractivity contribution in [3.63, 3.8) is 0 Å². The second-order valence-corrected chi connectivity index (χ2v) is 8.59. The molecular weight excluding hydrogens is 460 g/mol. The van der Waals surface area contributed by atoms with Gasteiger partial charge in [-0.05, 0) is 65.7 Å². The number of hydrogen-bond donors (Lipinski definition) is 1. The Labute approximate surface area is 207 Å². The first kappa shape index (κ1) is 23.3. The van der Waals surface area contributed by atoms with Gasteiger partial charge in [-0.25, -0.2) is 4.68 Å². The minimum Gasteiger partial charge on any atom is -0.497 e. The first-order chi connectivity index (χ1) is 17.6. The van der Waals surface area contributed by atoms with Gasteiger partial charge in [0, 0.05) is 23.4 Å². The van der Waals surface area contributed by atoms with Crippen molar-refractivity contribution < 1.29 is 18.7 Å². The molecule has 1 atom stereocenters. The van der Waals surface area contributed by atoms with Crippen LogP contribution in [0, 0.1) is 0 Å².